The van der Waals surface area contributed by atoms with Crippen LogP contribution in [0.5, 0.6) is 0 Å². The van der Waals surface area contributed by atoms with Crippen LogP contribution >= 0.6 is 12.8 Å². The fourth-order valence-electron chi connectivity index (χ4n) is 1.02. The van der Waals surface area contributed by atoms with Gasteiger partial charge in [-0.3, -0.25) is 3.89 Å². The maximum atomic E-state index is 5.22. The van der Waals surface area contributed by atoms with Gasteiger partial charge in [-0.15, -0.1) is 0 Å². The van der Waals surface area contributed by atoms with E-state index in [1.165, 1.54) is 0 Å². The maximum Gasteiger partial charge on any atom is 0.125 e. The van der Waals surface area contributed by atoms with E-state index in [9.17, 15) is 0 Å². The Hall–Kier alpha value is 0.270. The molecular formula is C6H14NOS+. The lowest BCUT2D eigenvalue weighted by Crippen LogP contribution is -2.40. The van der Waals surface area contributed by atoms with Gasteiger partial charge >= 0.3 is 0 Å². The van der Waals surface area contributed by atoms with Gasteiger partial charge in [0.15, 0.2) is 0 Å². The van der Waals surface area contributed by atoms with Crippen LogP contribution in [0.2, 0.25) is 0 Å². The third-order valence-corrected chi connectivity index (χ3v) is 2.13. The average Bonchev–Trinajstić information content (AvgIpc) is 2.08. The minimum absolute atomic E-state index is 0.591. The van der Waals surface area contributed by atoms with Gasteiger partial charge in [-0.05, 0) is 0 Å². The Morgan fingerprint density at radius 3 is 2.44 bits per heavy atom. The fraction of sp³-hybridized carbons (Fsp3) is 1.00. The molecule has 0 aromatic carbocycles. The first-order valence-corrected chi connectivity index (χ1v) is 3.65. The van der Waals surface area contributed by atoms with Crippen LogP contribution in [0, 0.1) is 0 Å². The number of hydrogen-bond acceptors (Lipinski definition) is 2. The normalized spacial score (nSPS) is 29.0. The second kappa shape index (κ2) is 2.48. The van der Waals surface area contributed by atoms with Crippen LogP contribution < -0.4 is 0 Å². The van der Waals surface area contributed by atoms with Gasteiger partial charge in [-0.1, -0.05) is 0 Å². The number of hydrogen-bond donors (Lipinski definition) is 1. The molecular weight excluding hydrogens is 134 g/mol. The van der Waals surface area contributed by atoms with Crippen molar-refractivity contribution in [2.75, 3.05) is 27.3 Å². The molecule has 1 aliphatic heterocycles. The number of likely N-dealkylation sites (N-methyl/N-ethyl adjacent to an activating group) is 1. The van der Waals surface area contributed by atoms with Crippen LogP contribution in [0.15, 0.2) is 0 Å². The molecule has 2 nitrogen and oxygen atoms in total. The third kappa shape index (κ3) is 1.85. The summed E-state index contributed by atoms with van der Waals surface area (Å²) in [5.74, 6) is 0. The molecule has 1 heterocycles. The predicted octanol–water partition coefficient (Wildman–Crippen LogP) is 0.696. The van der Waals surface area contributed by atoms with Crippen LogP contribution in [0.3, 0.4) is 0 Å². The molecule has 0 amide bonds. The van der Waals surface area contributed by atoms with Gasteiger partial charge in [0.25, 0.3) is 0 Å². The minimum Gasteiger partial charge on any atom is -0.375 e. The summed E-state index contributed by atoms with van der Waals surface area (Å²) >= 11 is 4.41. The van der Waals surface area contributed by atoms with Crippen molar-refractivity contribution in [1.82, 2.24) is 0 Å². The summed E-state index contributed by atoms with van der Waals surface area (Å²) in [6.07, 6.45) is 1.15. The molecule has 1 fully saturated rings. The molecule has 0 bridgehead atoms. The Morgan fingerprint density at radius 2 is 2.22 bits per heavy atom. The van der Waals surface area contributed by atoms with Crippen molar-refractivity contribution in [3.05, 3.63) is 0 Å². The predicted molar refractivity (Wildman–Crippen MR) is 40.3 cm³/mol. The highest BCUT2D eigenvalue weighted by atomic mass is 32.1. The quantitative estimate of drug-likeness (QED) is 0.425. The summed E-state index contributed by atoms with van der Waals surface area (Å²) in [4.78, 5) is 0. The van der Waals surface area contributed by atoms with Crippen LogP contribution in [0.4, 0.5) is 0 Å². The highest BCUT2D eigenvalue weighted by Gasteiger charge is 2.29. The first kappa shape index (κ1) is 7.38. The van der Waals surface area contributed by atoms with Crippen LogP contribution in [-0.4, -0.2) is 37.2 Å². The minimum atomic E-state index is 0.591. The van der Waals surface area contributed by atoms with Crippen molar-refractivity contribution in [2.24, 2.45) is 0 Å². The van der Waals surface area contributed by atoms with E-state index in [0.29, 0.717) is 6.04 Å². The fourth-order valence-corrected chi connectivity index (χ4v) is 1.20. The van der Waals surface area contributed by atoms with Crippen LogP contribution in [0.25, 0.3) is 0 Å². The van der Waals surface area contributed by atoms with E-state index >= 15 is 0 Å². The van der Waals surface area contributed by atoms with Crippen molar-refractivity contribution in [3.63, 3.8) is 0 Å². The average molecular weight is 148 g/mol. The standard InChI is InChI=1S/C6H14NOS/c1-7(2,9)6-3-4-8-5-6/h6,9H,3-5H2,1-2H3/q+1. The van der Waals surface area contributed by atoms with Crippen molar-refractivity contribution < 1.29 is 8.63 Å². The van der Waals surface area contributed by atoms with E-state index < -0.39 is 0 Å². The largest absolute Gasteiger partial charge is 0.375 e. The topological polar surface area (TPSA) is 9.23 Å². The zero-order valence-electron chi connectivity index (χ0n) is 6.00. The molecule has 0 N–H and O–H groups in total. The molecule has 0 aliphatic carbocycles. The number of quaternary nitrogens is 1. The zero-order chi connectivity index (χ0) is 6.91. The van der Waals surface area contributed by atoms with Gasteiger partial charge in [-0.25, -0.2) is 0 Å². The number of nitrogens with zero attached hydrogens (tertiary/aromatic N) is 1. The van der Waals surface area contributed by atoms with Crippen LogP contribution in [0.1, 0.15) is 6.42 Å². The number of thiol groups is 1. The van der Waals surface area contributed by atoms with Crippen molar-refractivity contribution in [2.45, 2.75) is 12.5 Å². The summed E-state index contributed by atoms with van der Waals surface area (Å²) in [5.41, 5.74) is 0. The van der Waals surface area contributed by atoms with E-state index in [-0.39, 0.29) is 0 Å². The highest BCUT2D eigenvalue weighted by Crippen LogP contribution is 2.18. The highest BCUT2D eigenvalue weighted by molar-refractivity contribution is 7.74. The Bertz CT molecular complexity index is 93.7. The lowest BCUT2D eigenvalue weighted by molar-refractivity contribution is -0.775. The molecule has 0 aromatic heterocycles. The number of rotatable bonds is 1. The number of ether oxygens (including phenoxy) is 1. The summed E-state index contributed by atoms with van der Waals surface area (Å²) in [6.45, 7) is 1.78. The molecule has 54 valence electrons. The van der Waals surface area contributed by atoms with E-state index in [0.717, 1.165) is 23.5 Å². The van der Waals surface area contributed by atoms with Gasteiger partial charge in [0.05, 0.1) is 40.1 Å². The van der Waals surface area contributed by atoms with Crippen LogP contribution in [-0.2, 0) is 4.74 Å². The summed E-state index contributed by atoms with van der Waals surface area (Å²) < 4.78 is 5.96. The zero-order valence-corrected chi connectivity index (χ0v) is 6.90. The molecule has 9 heavy (non-hydrogen) atoms. The second-order valence-corrected chi connectivity index (χ2v) is 4.03. The molecule has 1 atom stereocenters. The Morgan fingerprint density at radius 1 is 1.56 bits per heavy atom. The molecule has 0 saturated carbocycles. The first-order valence-electron chi connectivity index (χ1n) is 3.25. The third-order valence-electron chi connectivity index (χ3n) is 1.80. The van der Waals surface area contributed by atoms with Crippen molar-refractivity contribution in [1.29, 1.82) is 0 Å². The molecule has 1 unspecified atom stereocenters. The van der Waals surface area contributed by atoms with Gasteiger partial charge in [0.1, 0.15) is 6.04 Å². The lowest BCUT2D eigenvalue weighted by Gasteiger charge is -2.26. The molecule has 0 spiro atoms. The summed E-state index contributed by atoms with van der Waals surface area (Å²) in [7, 11) is 4.17. The smallest absolute Gasteiger partial charge is 0.125 e. The lowest BCUT2D eigenvalue weighted by atomic mass is 10.2. The van der Waals surface area contributed by atoms with Crippen molar-refractivity contribution >= 4 is 12.8 Å². The van der Waals surface area contributed by atoms with E-state index in [1.54, 1.807) is 0 Å². The molecule has 1 saturated heterocycles. The monoisotopic (exact) mass is 148 g/mol. The Kier molecular flexibility index (Phi) is 2.03. The molecule has 0 aromatic rings. The van der Waals surface area contributed by atoms with Gasteiger partial charge in [0, 0.05) is 6.42 Å². The molecule has 1 aliphatic rings. The maximum absolute atomic E-state index is 5.22. The van der Waals surface area contributed by atoms with Crippen molar-refractivity contribution in [3.8, 4) is 0 Å². The molecule has 0 radical (unpaired) electrons. The van der Waals surface area contributed by atoms with E-state index in [4.69, 9.17) is 4.74 Å². The SMILES string of the molecule is C[N+](C)(S)C1CCOC1. The first-order chi connectivity index (χ1) is 4.11. The summed E-state index contributed by atoms with van der Waals surface area (Å²) in [6, 6.07) is 0.591. The summed E-state index contributed by atoms with van der Waals surface area (Å²) in [5, 5.41) is 0. The van der Waals surface area contributed by atoms with Gasteiger partial charge < -0.3 is 4.74 Å². The van der Waals surface area contributed by atoms with E-state index in [2.05, 4.69) is 26.9 Å². The second-order valence-electron chi connectivity index (χ2n) is 3.00. The van der Waals surface area contributed by atoms with E-state index in [1.807, 2.05) is 0 Å². The van der Waals surface area contributed by atoms with Gasteiger partial charge in [-0.2, -0.15) is 0 Å². The Balaban J connectivity index is 2.42. The Labute approximate surface area is 61.9 Å². The molecule has 3 heteroatoms. The van der Waals surface area contributed by atoms with Gasteiger partial charge in [0.2, 0.25) is 0 Å². The molecule has 1 rings (SSSR count).